The quantitative estimate of drug-likeness (QED) is 0.896. The predicted octanol–water partition coefficient (Wildman–Crippen LogP) is 3.43. The van der Waals surface area contributed by atoms with Crippen molar-refractivity contribution in [1.82, 2.24) is 5.32 Å². The van der Waals surface area contributed by atoms with Crippen LogP contribution in [0.4, 0.5) is 4.39 Å². The van der Waals surface area contributed by atoms with Crippen LogP contribution in [0.15, 0.2) is 24.3 Å². The topological polar surface area (TPSA) is 21.3 Å². The molecule has 1 N–H and O–H groups in total. The van der Waals surface area contributed by atoms with Gasteiger partial charge in [0.2, 0.25) is 0 Å². The molecule has 1 aromatic carbocycles. The zero-order valence-electron chi connectivity index (χ0n) is 10.1. The van der Waals surface area contributed by atoms with Crippen LogP contribution in [0, 0.1) is 5.82 Å². The van der Waals surface area contributed by atoms with Crippen molar-refractivity contribution < 1.29 is 9.13 Å². The fraction of sp³-hybridized carbons (Fsp3) is 0.286. The molecule has 0 bridgehead atoms. The molecule has 2 heterocycles. The van der Waals surface area contributed by atoms with Crippen LogP contribution >= 0.6 is 11.3 Å². The second-order valence-corrected chi connectivity index (χ2v) is 5.40. The number of fused-ring (bicyclic) bond motifs is 1. The van der Waals surface area contributed by atoms with E-state index in [0.29, 0.717) is 5.75 Å². The summed E-state index contributed by atoms with van der Waals surface area (Å²) in [5.41, 5.74) is 1.36. The van der Waals surface area contributed by atoms with Gasteiger partial charge in [-0.1, -0.05) is 6.08 Å². The van der Waals surface area contributed by atoms with Gasteiger partial charge in [-0.2, -0.15) is 0 Å². The minimum absolute atomic E-state index is 0.294. The normalized spacial score (nSPS) is 15.8. The van der Waals surface area contributed by atoms with Crippen molar-refractivity contribution in [2.24, 2.45) is 0 Å². The minimum atomic E-state index is -0.294. The minimum Gasteiger partial charge on any atom is -0.494 e. The predicted molar refractivity (Wildman–Crippen MR) is 73.8 cm³/mol. The maximum absolute atomic E-state index is 13.6. The van der Waals surface area contributed by atoms with E-state index >= 15 is 0 Å². The highest BCUT2D eigenvalue weighted by molar-refractivity contribution is 7.20. The Bertz CT molecular complexity index is 618. The summed E-state index contributed by atoms with van der Waals surface area (Å²) in [7, 11) is 1.49. The van der Waals surface area contributed by atoms with Gasteiger partial charge in [-0.3, -0.25) is 0 Å². The van der Waals surface area contributed by atoms with Gasteiger partial charge in [-0.25, -0.2) is 4.39 Å². The Balaban J connectivity index is 2.07. The maximum Gasteiger partial charge on any atom is 0.166 e. The van der Waals surface area contributed by atoms with Gasteiger partial charge in [0.05, 0.1) is 7.11 Å². The Morgan fingerprint density at radius 2 is 2.22 bits per heavy atom. The summed E-state index contributed by atoms with van der Waals surface area (Å²) in [5, 5.41) is 4.34. The molecule has 0 fully saturated rings. The molecule has 1 aliphatic heterocycles. The zero-order chi connectivity index (χ0) is 12.5. The van der Waals surface area contributed by atoms with Crippen molar-refractivity contribution in [2.45, 2.75) is 6.42 Å². The first-order valence-corrected chi connectivity index (χ1v) is 6.77. The number of thiophene rings is 1. The van der Waals surface area contributed by atoms with E-state index in [4.69, 9.17) is 4.74 Å². The van der Waals surface area contributed by atoms with Crippen LogP contribution in [0.5, 0.6) is 5.75 Å². The van der Waals surface area contributed by atoms with Gasteiger partial charge in [0.15, 0.2) is 11.6 Å². The van der Waals surface area contributed by atoms with E-state index in [2.05, 4.69) is 17.5 Å². The lowest BCUT2D eigenvalue weighted by molar-refractivity contribution is 0.387. The number of hydrogen-bond donors (Lipinski definition) is 1. The van der Waals surface area contributed by atoms with Crippen LogP contribution in [-0.4, -0.2) is 20.2 Å². The van der Waals surface area contributed by atoms with Gasteiger partial charge >= 0.3 is 0 Å². The molecule has 2 aromatic rings. The van der Waals surface area contributed by atoms with E-state index in [9.17, 15) is 4.39 Å². The number of nitrogens with one attached hydrogen (secondary N) is 1. The van der Waals surface area contributed by atoms with Gasteiger partial charge in [0, 0.05) is 16.1 Å². The van der Waals surface area contributed by atoms with Crippen LogP contribution in [0.25, 0.3) is 15.7 Å². The van der Waals surface area contributed by atoms with Crippen LogP contribution < -0.4 is 10.1 Å². The fourth-order valence-corrected chi connectivity index (χ4v) is 3.34. The molecular formula is C14H14FNOS. The monoisotopic (exact) mass is 263 g/mol. The highest BCUT2D eigenvalue weighted by atomic mass is 32.1. The summed E-state index contributed by atoms with van der Waals surface area (Å²) in [6.07, 6.45) is 3.24. The number of methoxy groups -OCH3 is 1. The molecule has 0 aliphatic carbocycles. The third kappa shape index (κ3) is 2.02. The van der Waals surface area contributed by atoms with Crippen molar-refractivity contribution in [3.63, 3.8) is 0 Å². The molecule has 3 rings (SSSR count). The standard InChI is InChI=1S/C14H14FNOS/c1-17-12-6-10-7-13(9-2-4-16-5-3-9)18-14(10)8-11(12)15/h2,6-8,16H,3-5H2,1H3. The van der Waals surface area contributed by atoms with Gasteiger partial charge in [0.1, 0.15) is 0 Å². The molecule has 0 unspecified atom stereocenters. The van der Waals surface area contributed by atoms with Crippen LogP contribution in [0.3, 0.4) is 0 Å². The number of hydrogen-bond acceptors (Lipinski definition) is 3. The third-order valence-electron chi connectivity index (χ3n) is 3.17. The molecule has 0 amide bonds. The Morgan fingerprint density at radius 3 is 2.94 bits per heavy atom. The summed E-state index contributed by atoms with van der Waals surface area (Å²) in [4.78, 5) is 1.24. The molecule has 4 heteroatoms. The first kappa shape index (κ1) is 11.7. The fourth-order valence-electron chi connectivity index (χ4n) is 2.20. The largest absolute Gasteiger partial charge is 0.494 e. The first-order chi connectivity index (χ1) is 8.78. The van der Waals surface area contributed by atoms with E-state index in [1.807, 2.05) is 0 Å². The van der Waals surface area contributed by atoms with Crippen LogP contribution in [0.2, 0.25) is 0 Å². The van der Waals surface area contributed by atoms with E-state index in [0.717, 1.165) is 29.6 Å². The molecule has 0 radical (unpaired) electrons. The van der Waals surface area contributed by atoms with Crippen molar-refractivity contribution in [1.29, 1.82) is 0 Å². The third-order valence-corrected chi connectivity index (χ3v) is 4.34. The number of rotatable bonds is 2. The maximum atomic E-state index is 13.6. The SMILES string of the molecule is COc1cc2cc(C3=CCNCC3)sc2cc1F. The lowest BCUT2D eigenvalue weighted by Crippen LogP contribution is -2.19. The average Bonchev–Trinajstić information content (AvgIpc) is 2.81. The Kier molecular flexibility index (Phi) is 3.06. The summed E-state index contributed by atoms with van der Waals surface area (Å²) in [6.45, 7) is 1.93. The van der Waals surface area contributed by atoms with Gasteiger partial charge in [-0.05, 0) is 42.1 Å². The molecule has 2 nitrogen and oxygen atoms in total. The molecule has 0 atom stereocenters. The Morgan fingerprint density at radius 1 is 1.33 bits per heavy atom. The van der Waals surface area contributed by atoms with E-state index in [1.54, 1.807) is 23.5 Å². The Hall–Kier alpha value is -1.39. The van der Waals surface area contributed by atoms with Crippen molar-refractivity contribution in [3.05, 3.63) is 35.0 Å². The summed E-state index contributed by atoms with van der Waals surface area (Å²) < 4.78 is 19.6. The smallest absolute Gasteiger partial charge is 0.166 e. The average molecular weight is 263 g/mol. The summed E-state index contributed by atoms with van der Waals surface area (Å²) in [6, 6.07) is 5.45. The second kappa shape index (κ2) is 4.71. The Labute approximate surface area is 109 Å². The molecule has 94 valence electrons. The second-order valence-electron chi connectivity index (χ2n) is 4.32. The van der Waals surface area contributed by atoms with E-state index in [1.165, 1.54) is 17.6 Å². The summed E-state index contributed by atoms with van der Waals surface area (Å²) in [5.74, 6) is 0.0174. The highest BCUT2D eigenvalue weighted by Crippen LogP contribution is 2.35. The molecular weight excluding hydrogens is 249 g/mol. The molecule has 18 heavy (non-hydrogen) atoms. The van der Waals surface area contributed by atoms with Crippen LogP contribution in [0.1, 0.15) is 11.3 Å². The molecule has 0 spiro atoms. The number of halogens is 1. The van der Waals surface area contributed by atoms with Crippen molar-refractivity contribution >= 4 is 27.0 Å². The molecule has 0 saturated carbocycles. The van der Waals surface area contributed by atoms with Gasteiger partial charge < -0.3 is 10.1 Å². The lowest BCUT2D eigenvalue weighted by Gasteiger charge is -2.11. The highest BCUT2D eigenvalue weighted by Gasteiger charge is 2.12. The number of ether oxygens (including phenoxy) is 1. The van der Waals surface area contributed by atoms with Crippen molar-refractivity contribution in [2.75, 3.05) is 20.2 Å². The number of benzene rings is 1. The van der Waals surface area contributed by atoms with E-state index < -0.39 is 0 Å². The first-order valence-electron chi connectivity index (χ1n) is 5.95. The summed E-state index contributed by atoms with van der Waals surface area (Å²) >= 11 is 1.65. The zero-order valence-corrected chi connectivity index (χ0v) is 10.9. The van der Waals surface area contributed by atoms with Gasteiger partial charge in [0.25, 0.3) is 0 Å². The van der Waals surface area contributed by atoms with E-state index in [-0.39, 0.29) is 5.82 Å². The molecule has 1 aliphatic rings. The van der Waals surface area contributed by atoms with Gasteiger partial charge in [-0.15, -0.1) is 11.3 Å². The van der Waals surface area contributed by atoms with Crippen molar-refractivity contribution in [3.8, 4) is 5.75 Å². The molecule has 1 aromatic heterocycles. The van der Waals surface area contributed by atoms with Crippen LogP contribution in [-0.2, 0) is 0 Å². The lowest BCUT2D eigenvalue weighted by atomic mass is 10.1. The molecule has 0 saturated heterocycles.